The van der Waals surface area contributed by atoms with Crippen LogP contribution in [0, 0.1) is 0 Å². The lowest BCUT2D eigenvalue weighted by Crippen LogP contribution is -2.18. The van der Waals surface area contributed by atoms with Crippen LogP contribution in [-0.4, -0.2) is 27.2 Å². The minimum atomic E-state index is 0.560. The van der Waals surface area contributed by atoms with E-state index in [9.17, 15) is 0 Å². The molecule has 0 aromatic heterocycles. The van der Waals surface area contributed by atoms with Gasteiger partial charge >= 0.3 is 0 Å². The van der Waals surface area contributed by atoms with E-state index in [-0.39, 0.29) is 0 Å². The van der Waals surface area contributed by atoms with Gasteiger partial charge in [0.05, 0.1) is 7.11 Å². The van der Waals surface area contributed by atoms with Crippen molar-refractivity contribution in [2.45, 2.75) is 5.92 Å². The Labute approximate surface area is 84.5 Å². The fourth-order valence-corrected chi connectivity index (χ4v) is 1.94. The van der Waals surface area contributed by atoms with E-state index < -0.39 is 0 Å². The smallest absolute Gasteiger partial charge is 0.119 e. The average Bonchev–Trinajstić information content (AvgIpc) is 2.61. The van der Waals surface area contributed by atoms with E-state index >= 15 is 0 Å². The molecule has 3 nitrogen and oxygen atoms in total. The maximum absolute atomic E-state index is 5.22. The van der Waals surface area contributed by atoms with Gasteiger partial charge < -0.3 is 15.4 Å². The predicted molar refractivity (Wildman–Crippen MR) is 58.2 cm³/mol. The summed E-state index contributed by atoms with van der Waals surface area (Å²) in [4.78, 5) is 0. The van der Waals surface area contributed by atoms with E-state index in [2.05, 4.69) is 22.8 Å². The largest absolute Gasteiger partial charge is 0.497 e. The third kappa shape index (κ3) is 1.55. The summed E-state index contributed by atoms with van der Waals surface area (Å²) in [5.41, 5.74) is 2.60. The molecule has 1 heterocycles. The summed E-state index contributed by atoms with van der Waals surface area (Å²) in [6.45, 7) is 2.02. The topological polar surface area (TPSA) is 33.3 Å². The van der Waals surface area contributed by atoms with Crippen molar-refractivity contribution < 1.29 is 4.74 Å². The molecule has 1 atom stereocenters. The summed E-state index contributed by atoms with van der Waals surface area (Å²) in [5.74, 6) is 1.50. The Morgan fingerprint density at radius 2 is 2.43 bits per heavy atom. The normalized spacial score (nSPS) is 18.9. The van der Waals surface area contributed by atoms with Crippen molar-refractivity contribution in [3.05, 3.63) is 23.8 Å². The van der Waals surface area contributed by atoms with Gasteiger partial charge in [-0.1, -0.05) is 0 Å². The first-order chi connectivity index (χ1) is 6.85. The first-order valence-electron chi connectivity index (χ1n) is 4.91. The van der Waals surface area contributed by atoms with E-state index in [0.29, 0.717) is 5.92 Å². The zero-order chi connectivity index (χ0) is 9.97. The Balaban J connectivity index is 2.27. The Kier molecular flexibility index (Phi) is 2.59. The Bertz CT molecular complexity index is 323. The van der Waals surface area contributed by atoms with Gasteiger partial charge in [-0.15, -0.1) is 0 Å². The lowest BCUT2D eigenvalue weighted by Gasteiger charge is -2.09. The Morgan fingerprint density at radius 3 is 3.14 bits per heavy atom. The van der Waals surface area contributed by atoms with Gasteiger partial charge in [0.2, 0.25) is 0 Å². The molecule has 0 amide bonds. The van der Waals surface area contributed by atoms with Gasteiger partial charge in [-0.25, -0.2) is 0 Å². The molecule has 1 aliphatic heterocycles. The van der Waals surface area contributed by atoms with E-state index in [1.54, 1.807) is 7.11 Å². The maximum atomic E-state index is 5.22. The number of likely N-dealkylation sites (N-methyl/N-ethyl adjacent to an activating group) is 1. The zero-order valence-corrected chi connectivity index (χ0v) is 8.63. The van der Waals surface area contributed by atoms with E-state index in [1.165, 1.54) is 11.3 Å². The van der Waals surface area contributed by atoms with Crippen LogP contribution in [0.1, 0.15) is 11.5 Å². The molecule has 2 N–H and O–H groups in total. The summed E-state index contributed by atoms with van der Waals surface area (Å²) in [7, 11) is 3.69. The molecule has 2 rings (SSSR count). The molecule has 3 heteroatoms. The van der Waals surface area contributed by atoms with Crippen LogP contribution in [0.3, 0.4) is 0 Å². The van der Waals surface area contributed by atoms with Crippen molar-refractivity contribution in [3.8, 4) is 5.75 Å². The summed E-state index contributed by atoms with van der Waals surface area (Å²) >= 11 is 0. The molecular formula is C11H16N2O. The summed E-state index contributed by atoms with van der Waals surface area (Å²) in [6.07, 6.45) is 0. The number of anilines is 1. The Hall–Kier alpha value is -1.22. The maximum Gasteiger partial charge on any atom is 0.119 e. The monoisotopic (exact) mass is 192 g/mol. The summed E-state index contributed by atoms with van der Waals surface area (Å²) in [6, 6.07) is 6.20. The molecule has 0 aliphatic carbocycles. The first-order valence-corrected chi connectivity index (χ1v) is 4.91. The van der Waals surface area contributed by atoms with Gasteiger partial charge in [-0.2, -0.15) is 0 Å². The number of hydrogen-bond acceptors (Lipinski definition) is 3. The van der Waals surface area contributed by atoms with Gasteiger partial charge in [-0.3, -0.25) is 0 Å². The molecule has 1 aromatic rings. The predicted octanol–water partition coefficient (Wildman–Crippen LogP) is 1.42. The van der Waals surface area contributed by atoms with Crippen molar-refractivity contribution in [2.75, 3.05) is 32.6 Å². The number of ether oxygens (including phenoxy) is 1. The average molecular weight is 192 g/mol. The van der Waals surface area contributed by atoms with Crippen LogP contribution in [0.25, 0.3) is 0 Å². The highest BCUT2D eigenvalue weighted by molar-refractivity contribution is 5.60. The molecule has 0 fully saturated rings. The second-order valence-corrected chi connectivity index (χ2v) is 3.59. The van der Waals surface area contributed by atoms with E-state index in [1.807, 2.05) is 13.1 Å². The van der Waals surface area contributed by atoms with Crippen LogP contribution in [-0.2, 0) is 0 Å². The van der Waals surface area contributed by atoms with Crippen molar-refractivity contribution in [1.29, 1.82) is 0 Å². The highest BCUT2D eigenvalue weighted by atomic mass is 16.5. The van der Waals surface area contributed by atoms with Gasteiger partial charge in [0, 0.05) is 24.7 Å². The summed E-state index contributed by atoms with van der Waals surface area (Å²) in [5, 5.41) is 6.60. The molecule has 1 unspecified atom stereocenters. The third-order valence-electron chi connectivity index (χ3n) is 2.69. The van der Waals surface area contributed by atoms with Gasteiger partial charge in [0.1, 0.15) is 5.75 Å². The third-order valence-corrected chi connectivity index (χ3v) is 2.69. The minimum absolute atomic E-state index is 0.560. The molecule has 76 valence electrons. The van der Waals surface area contributed by atoms with Gasteiger partial charge in [0.25, 0.3) is 0 Å². The standard InChI is InChI=1S/C11H16N2O/c1-12-6-8-7-13-11-4-3-9(14-2)5-10(8)11/h3-5,8,12-13H,6-7H2,1-2H3. The number of rotatable bonds is 3. The van der Waals surface area contributed by atoms with Crippen LogP contribution < -0.4 is 15.4 Å². The minimum Gasteiger partial charge on any atom is -0.497 e. The highest BCUT2D eigenvalue weighted by Gasteiger charge is 2.21. The number of benzene rings is 1. The van der Waals surface area contributed by atoms with Crippen molar-refractivity contribution in [1.82, 2.24) is 5.32 Å². The molecule has 0 radical (unpaired) electrons. The molecule has 14 heavy (non-hydrogen) atoms. The zero-order valence-electron chi connectivity index (χ0n) is 8.63. The lowest BCUT2D eigenvalue weighted by molar-refractivity contribution is 0.414. The molecule has 0 saturated carbocycles. The second-order valence-electron chi connectivity index (χ2n) is 3.59. The van der Waals surface area contributed by atoms with Crippen molar-refractivity contribution >= 4 is 5.69 Å². The molecule has 1 aliphatic rings. The Morgan fingerprint density at radius 1 is 1.57 bits per heavy atom. The van der Waals surface area contributed by atoms with Crippen LogP contribution in [0.4, 0.5) is 5.69 Å². The number of nitrogens with one attached hydrogen (secondary N) is 2. The lowest BCUT2D eigenvalue weighted by atomic mass is 10.0. The van der Waals surface area contributed by atoms with Crippen molar-refractivity contribution in [3.63, 3.8) is 0 Å². The molecule has 0 spiro atoms. The van der Waals surface area contributed by atoms with Crippen LogP contribution >= 0.6 is 0 Å². The first kappa shape index (κ1) is 9.34. The van der Waals surface area contributed by atoms with Gasteiger partial charge in [-0.05, 0) is 30.8 Å². The highest BCUT2D eigenvalue weighted by Crippen LogP contribution is 2.33. The number of fused-ring (bicyclic) bond motifs is 1. The molecule has 0 saturated heterocycles. The fourth-order valence-electron chi connectivity index (χ4n) is 1.94. The quantitative estimate of drug-likeness (QED) is 0.760. The van der Waals surface area contributed by atoms with E-state index in [0.717, 1.165) is 18.8 Å². The number of methoxy groups -OCH3 is 1. The fraction of sp³-hybridized carbons (Fsp3) is 0.455. The molecule has 0 bridgehead atoms. The SMILES string of the molecule is CNCC1CNc2ccc(OC)cc21. The van der Waals surface area contributed by atoms with E-state index in [4.69, 9.17) is 4.74 Å². The van der Waals surface area contributed by atoms with Gasteiger partial charge in [0.15, 0.2) is 0 Å². The second kappa shape index (κ2) is 3.88. The van der Waals surface area contributed by atoms with Crippen LogP contribution in [0.2, 0.25) is 0 Å². The summed E-state index contributed by atoms with van der Waals surface area (Å²) < 4.78 is 5.22. The van der Waals surface area contributed by atoms with Crippen LogP contribution in [0.5, 0.6) is 5.75 Å². The molecule has 1 aromatic carbocycles. The van der Waals surface area contributed by atoms with Crippen LogP contribution in [0.15, 0.2) is 18.2 Å². The molecular weight excluding hydrogens is 176 g/mol. The number of hydrogen-bond donors (Lipinski definition) is 2. The van der Waals surface area contributed by atoms with Crippen molar-refractivity contribution in [2.24, 2.45) is 0 Å².